The Kier molecular flexibility index (Phi) is 1.58. The first-order chi connectivity index (χ1) is 6.18. The zero-order valence-corrected chi connectivity index (χ0v) is 6.63. The van der Waals surface area contributed by atoms with Crippen molar-refractivity contribution in [1.82, 2.24) is 0 Å². The van der Waals surface area contributed by atoms with Crippen LogP contribution in [-0.4, -0.2) is 12.5 Å². The molecular weight excluding hydrogens is 175 g/mol. The molecule has 1 aliphatic heterocycles. The summed E-state index contributed by atoms with van der Waals surface area (Å²) in [5.41, 5.74) is 5.32. The third-order valence-electron chi connectivity index (χ3n) is 1.76. The molecule has 5 heteroatoms. The third-order valence-corrected chi connectivity index (χ3v) is 1.76. The van der Waals surface area contributed by atoms with E-state index in [9.17, 15) is 9.18 Å². The first-order valence-electron chi connectivity index (χ1n) is 3.69. The molecule has 1 aromatic carbocycles. The number of halogens is 1. The van der Waals surface area contributed by atoms with Crippen molar-refractivity contribution in [3.8, 4) is 5.75 Å². The van der Waals surface area contributed by atoms with Crippen molar-refractivity contribution in [2.75, 3.05) is 17.7 Å². The summed E-state index contributed by atoms with van der Waals surface area (Å²) in [7, 11) is 0. The van der Waals surface area contributed by atoms with Crippen molar-refractivity contribution in [3.05, 3.63) is 17.9 Å². The summed E-state index contributed by atoms with van der Waals surface area (Å²) < 4.78 is 18.2. The largest absolute Gasteiger partial charge is 0.481 e. The van der Waals surface area contributed by atoms with E-state index in [2.05, 4.69) is 5.32 Å². The van der Waals surface area contributed by atoms with Crippen LogP contribution in [0.25, 0.3) is 0 Å². The fourth-order valence-corrected chi connectivity index (χ4v) is 1.13. The zero-order valence-electron chi connectivity index (χ0n) is 6.63. The average Bonchev–Trinajstić information content (AvgIpc) is 2.12. The number of anilines is 2. The molecule has 3 N–H and O–H groups in total. The Morgan fingerprint density at radius 1 is 1.54 bits per heavy atom. The Morgan fingerprint density at radius 3 is 3.08 bits per heavy atom. The predicted octanol–water partition coefficient (Wildman–Crippen LogP) is 0.739. The smallest absolute Gasteiger partial charge is 0.262 e. The van der Waals surface area contributed by atoms with E-state index in [0.29, 0.717) is 5.75 Å². The summed E-state index contributed by atoms with van der Waals surface area (Å²) in [6.45, 7) is -0.0869. The van der Waals surface area contributed by atoms with Crippen molar-refractivity contribution in [2.24, 2.45) is 0 Å². The Labute approximate surface area is 73.5 Å². The molecule has 0 fully saturated rings. The molecule has 0 unspecified atom stereocenters. The topological polar surface area (TPSA) is 64.3 Å². The number of nitrogens with two attached hydrogens (primary N) is 1. The number of benzene rings is 1. The number of hydrogen-bond acceptors (Lipinski definition) is 3. The summed E-state index contributed by atoms with van der Waals surface area (Å²) in [4.78, 5) is 10.8. The van der Waals surface area contributed by atoms with Gasteiger partial charge in [-0.05, 0) is 12.1 Å². The highest BCUT2D eigenvalue weighted by Crippen LogP contribution is 2.33. The van der Waals surface area contributed by atoms with Crippen LogP contribution >= 0.6 is 0 Å². The van der Waals surface area contributed by atoms with Gasteiger partial charge in [0.15, 0.2) is 12.4 Å². The van der Waals surface area contributed by atoms with Gasteiger partial charge < -0.3 is 15.8 Å². The van der Waals surface area contributed by atoms with Gasteiger partial charge in [0, 0.05) is 0 Å². The lowest BCUT2D eigenvalue weighted by Gasteiger charge is -2.18. The molecule has 13 heavy (non-hydrogen) atoms. The van der Waals surface area contributed by atoms with Gasteiger partial charge in [0.25, 0.3) is 5.91 Å². The fraction of sp³-hybridized carbons (Fsp3) is 0.125. The molecule has 0 bridgehead atoms. The van der Waals surface area contributed by atoms with E-state index in [1.807, 2.05) is 0 Å². The number of nitrogens with one attached hydrogen (secondary N) is 1. The molecule has 2 rings (SSSR count). The number of carbonyl (C=O) groups excluding carboxylic acids is 1. The number of ether oxygens (including phenoxy) is 1. The molecule has 1 amide bonds. The summed E-state index contributed by atoms with van der Waals surface area (Å²) in [5, 5.41) is 2.35. The average molecular weight is 182 g/mol. The molecule has 1 aromatic rings. The molecule has 0 aliphatic carbocycles. The second kappa shape index (κ2) is 2.62. The van der Waals surface area contributed by atoms with Gasteiger partial charge in [-0.25, -0.2) is 4.39 Å². The van der Waals surface area contributed by atoms with E-state index >= 15 is 0 Å². The van der Waals surface area contributed by atoms with Gasteiger partial charge in [-0.3, -0.25) is 4.79 Å². The minimum atomic E-state index is -0.648. The Bertz CT molecular complexity index is 379. The van der Waals surface area contributed by atoms with E-state index in [0.717, 1.165) is 0 Å². The molecular formula is C8H7FN2O2. The molecule has 0 saturated heterocycles. The highest BCUT2D eigenvalue weighted by Gasteiger charge is 2.20. The Morgan fingerprint density at radius 2 is 2.31 bits per heavy atom. The number of amides is 1. The second-order valence-electron chi connectivity index (χ2n) is 2.68. The summed E-state index contributed by atoms with van der Waals surface area (Å²) in [6, 6.07) is 2.92. The predicted molar refractivity (Wildman–Crippen MR) is 44.9 cm³/mol. The first kappa shape index (κ1) is 7.85. The molecule has 1 heterocycles. The maximum absolute atomic E-state index is 13.2. The van der Waals surface area contributed by atoms with Crippen molar-refractivity contribution in [1.29, 1.82) is 0 Å². The Hall–Kier alpha value is -1.78. The normalized spacial score (nSPS) is 14.4. The minimum absolute atomic E-state index is 0.00968. The number of carbonyl (C=O) groups is 1. The van der Waals surface area contributed by atoms with Gasteiger partial charge in [0.05, 0.1) is 5.69 Å². The molecule has 0 spiro atoms. The van der Waals surface area contributed by atoms with Crippen LogP contribution in [0.4, 0.5) is 15.8 Å². The minimum Gasteiger partial charge on any atom is -0.481 e. The van der Waals surface area contributed by atoms with E-state index in [-0.39, 0.29) is 23.9 Å². The van der Waals surface area contributed by atoms with Gasteiger partial charge >= 0.3 is 0 Å². The van der Waals surface area contributed by atoms with Crippen LogP contribution in [0.1, 0.15) is 0 Å². The lowest BCUT2D eigenvalue weighted by molar-refractivity contribution is -0.118. The summed E-state index contributed by atoms with van der Waals surface area (Å²) in [6.07, 6.45) is 0. The van der Waals surface area contributed by atoms with E-state index in [4.69, 9.17) is 10.5 Å². The van der Waals surface area contributed by atoms with Crippen LogP contribution in [0.5, 0.6) is 5.75 Å². The number of hydrogen-bond donors (Lipinski definition) is 2. The molecule has 0 saturated carbocycles. The number of nitrogen functional groups attached to an aromatic ring is 1. The highest BCUT2D eigenvalue weighted by molar-refractivity contribution is 5.96. The summed E-state index contributed by atoms with van der Waals surface area (Å²) >= 11 is 0. The first-order valence-corrected chi connectivity index (χ1v) is 3.69. The van der Waals surface area contributed by atoms with E-state index in [1.54, 1.807) is 0 Å². The maximum atomic E-state index is 13.2. The van der Waals surface area contributed by atoms with Gasteiger partial charge in [0.2, 0.25) is 0 Å². The standard InChI is InChI=1S/C8H7FN2O2/c9-7-4(10)1-2-5-8(7)11-6(12)3-13-5/h1-2H,3,10H2,(H,11,12). The van der Waals surface area contributed by atoms with Gasteiger partial charge in [-0.1, -0.05) is 0 Å². The second-order valence-corrected chi connectivity index (χ2v) is 2.68. The molecule has 1 aliphatic rings. The molecule has 68 valence electrons. The molecule has 4 nitrogen and oxygen atoms in total. The van der Waals surface area contributed by atoms with Crippen LogP contribution in [0.15, 0.2) is 12.1 Å². The Balaban J connectivity index is 2.54. The van der Waals surface area contributed by atoms with Crippen LogP contribution in [0, 0.1) is 5.82 Å². The molecule has 0 radical (unpaired) electrons. The van der Waals surface area contributed by atoms with Crippen LogP contribution in [0.3, 0.4) is 0 Å². The van der Waals surface area contributed by atoms with Crippen LogP contribution in [0.2, 0.25) is 0 Å². The molecule has 0 aromatic heterocycles. The van der Waals surface area contributed by atoms with Gasteiger partial charge in [-0.15, -0.1) is 0 Å². The van der Waals surface area contributed by atoms with Crippen molar-refractivity contribution < 1.29 is 13.9 Å². The SMILES string of the molecule is Nc1ccc2c(c1F)NC(=O)CO2. The quantitative estimate of drug-likeness (QED) is 0.581. The number of rotatable bonds is 0. The molecule has 0 atom stereocenters. The van der Waals surface area contributed by atoms with Gasteiger partial charge in [0.1, 0.15) is 11.4 Å². The maximum Gasteiger partial charge on any atom is 0.262 e. The highest BCUT2D eigenvalue weighted by atomic mass is 19.1. The van der Waals surface area contributed by atoms with E-state index in [1.165, 1.54) is 12.1 Å². The zero-order chi connectivity index (χ0) is 9.42. The lowest BCUT2D eigenvalue weighted by Crippen LogP contribution is -2.26. The fourth-order valence-electron chi connectivity index (χ4n) is 1.13. The summed E-state index contributed by atoms with van der Waals surface area (Å²) in [5.74, 6) is -0.714. The van der Waals surface area contributed by atoms with Crippen molar-refractivity contribution >= 4 is 17.3 Å². The van der Waals surface area contributed by atoms with Crippen molar-refractivity contribution in [3.63, 3.8) is 0 Å². The van der Waals surface area contributed by atoms with E-state index < -0.39 is 5.82 Å². The number of fused-ring (bicyclic) bond motifs is 1. The van der Waals surface area contributed by atoms with Crippen LogP contribution < -0.4 is 15.8 Å². The third kappa shape index (κ3) is 1.18. The monoisotopic (exact) mass is 182 g/mol. The van der Waals surface area contributed by atoms with Crippen molar-refractivity contribution in [2.45, 2.75) is 0 Å². The lowest BCUT2D eigenvalue weighted by atomic mass is 10.2. The van der Waals surface area contributed by atoms with Crippen LogP contribution in [-0.2, 0) is 4.79 Å². The van der Waals surface area contributed by atoms with Gasteiger partial charge in [-0.2, -0.15) is 0 Å².